The predicted molar refractivity (Wildman–Crippen MR) is 359 cm³/mol. The lowest BCUT2D eigenvalue weighted by molar-refractivity contribution is 0.332. The molecule has 3 nitrogen and oxygen atoms in total. The highest BCUT2D eigenvalue weighted by molar-refractivity contribution is 6.94. The lowest BCUT2D eigenvalue weighted by atomic mass is 9.42. The fraction of sp³-hybridized carbons (Fsp3) is 0.392. The maximum Gasteiger partial charge on any atom is 0.333 e. The zero-order valence-electron chi connectivity index (χ0n) is 53.5. The quantitative estimate of drug-likeness (QED) is 0.163. The van der Waals surface area contributed by atoms with Gasteiger partial charge in [-0.1, -0.05) is 204 Å². The van der Waals surface area contributed by atoms with Gasteiger partial charge in [0.2, 0.25) is 0 Å². The van der Waals surface area contributed by atoms with Crippen LogP contribution in [0.5, 0.6) is 0 Å². The summed E-state index contributed by atoms with van der Waals surface area (Å²) < 4.78 is 2.83. The van der Waals surface area contributed by atoms with Crippen molar-refractivity contribution >= 4 is 68.0 Å². The van der Waals surface area contributed by atoms with Gasteiger partial charge in [0.1, 0.15) is 0 Å². The summed E-state index contributed by atoms with van der Waals surface area (Å²) >= 11 is 0. The van der Waals surface area contributed by atoms with Crippen LogP contribution in [-0.2, 0) is 43.3 Å². The average molecular weight is 1090 g/mol. The topological polar surface area (TPSA) is 11.4 Å². The van der Waals surface area contributed by atoms with Gasteiger partial charge in [-0.15, -0.1) is 0 Å². The number of benzene rings is 8. The molecule has 0 radical (unpaired) electrons. The minimum Gasteiger partial charge on any atom is -0.376 e. The van der Waals surface area contributed by atoms with Gasteiger partial charge in [-0.3, -0.25) is 0 Å². The lowest BCUT2D eigenvalue weighted by Gasteiger charge is -2.46. The summed E-state index contributed by atoms with van der Waals surface area (Å²) in [7, 11) is 0. The molecule has 4 heteroatoms. The molecule has 83 heavy (non-hydrogen) atoms. The van der Waals surface area contributed by atoms with Crippen molar-refractivity contribution in [2.45, 2.75) is 201 Å². The van der Waals surface area contributed by atoms with Gasteiger partial charge in [0.15, 0.2) is 0 Å². The Labute approximate surface area is 497 Å². The molecule has 3 heterocycles. The highest BCUT2D eigenvalue weighted by Gasteiger charge is 2.52. The summed E-state index contributed by atoms with van der Waals surface area (Å²) in [6.45, 7) is 45.9. The lowest BCUT2D eigenvalue weighted by Crippen LogP contribution is -2.61. The predicted octanol–water partition coefficient (Wildman–Crippen LogP) is 20.4. The highest BCUT2D eigenvalue weighted by atomic mass is 15.2. The Hall–Kier alpha value is -6.78. The van der Waals surface area contributed by atoms with E-state index in [4.69, 9.17) is 0 Å². The zero-order chi connectivity index (χ0) is 58.8. The Morgan fingerprint density at radius 2 is 0.904 bits per heavy atom. The molecule has 9 aromatic rings. The number of hydrogen-bond acceptors (Lipinski definition) is 2. The van der Waals surface area contributed by atoms with Gasteiger partial charge >= 0.3 is 6.85 Å². The standard InChI is InChI=1S/C79H88BN3/c1-72(2,3)47-24-30-50(31-25-47)81(51-32-26-48(27-33-51)73(4,5)6)53-36-37-55-64(42-53)83(52-34-28-49(29-35-52)74(7,8)9)80-62-44-59-61(78(16,17)41-39-76(59,12)13)46-65(62)82-63-45-60-58(75(10,11)38-40-77(60,14)15)43-56(63)68-69-66(67(55)70(80)71(68)82)54-22-20-21-23-57(54)79(69,18)19/h20-37,42-46H,38-41H2,1-19H3. The van der Waals surface area contributed by atoms with Crippen LogP contribution >= 0.6 is 0 Å². The van der Waals surface area contributed by atoms with Crippen molar-refractivity contribution in [3.8, 4) is 27.9 Å². The van der Waals surface area contributed by atoms with E-state index in [1.807, 2.05) is 0 Å². The molecule has 422 valence electrons. The Bertz CT molecular complexity index is 4150. The summed E-state index contributed by atoms with van der Waals surface area (Å²) in [5, 5.41) is 2.85. The van der Waals surface area contributed by atoms with Gasteiger partial charge in [0, 0.05) is 55.9 Å². The fourth-order valence-corrected chi connectivity index (χ4v) is 16.2. The van der Waals surface area contributed by atoms with Gasteiger partial charge in [-0.25, -0.2) is 0 Å². The molecule has 14 rings (SSSR count). The van der Waals surface area contributed by atoms with Crippen molar-refractivity contribution < 1.29 is 0 Å². The van der Waals surface area contributed by atoms with Crippen molar-refractivity contribution in [3.63, 3.8) is 0 Å². The molecular weight excluding hydrogens is 1000 g/mol. The molecule has 8 aromatic carbocycles. The SMILES string of the molecule is CC(C)(C)c1ccc(N2B3c4cc5c(cc4-n4c6cc7c(cc6c6c8c(c(c3c64)-c3ccc(N(c4ccc(C(C)(C)C)cc4)c4ccc(C(C)(C)C)cc4)cc32)-c2ccccc2C8(C)C)C(C)(C)CCC7(C)C)C(C)(C)CCC5(C)C)cc1. The molecule has 5 aliphatic rings. The van der Waals surface area contributed by atoms with Crippen LogP contribution < -0.4 is 20.6 Å². The first-order chi connectivity index (χ1) is 38.8. The normalized spacial score (nSPS) is 18.3. The first kappa shape index (κ1) is 54.2. The van der Waals surface area contributed by atoms with Gasteiger partial charge in [-0.05, 0) is 208 Å². The highest BCUT2D eigenvalue weighted by Crippen LogP contribution is 2.61. The first-order valence-corrected chi connectivity index (χ1v) is 31.4. The van der Waals surface area contributed by atoms with E-state index in [1.165, 1.54) is 135 Å². The van der Waals surface area contributed by atoms with E-state index in [-0.39, 0.29) is 50.2 Å². The van der Waals surface area contributed by atoms with E-state index in [1.54, 1.807) is 0 Å². The fourth-order valence-electron chi connectivity index (χ4n) is 16.2. The Kier molecular flexibility index (Phi) is 11.2. The van der Waals surface area contributed by atoms with Crippen LogP contribution in [0, 0.1) is 0 Å². The minimum absolute atomic E-state index is 0.00282. The molecule has 0 amide bonds. The summed E-state index contributed by atoms with van der Waals surface area (Å²) in [5.74, 6) is 0. The first-order valence-electron chi connectivity index (χ1n) is 31.4. The molecule has 0 fully saturated rings. The molecule has 0 bridgehead atoms. The van der Waals surface area contributed by atoms with E-state index < -0.39 is 0 Å². The third-order valence-electron chi connectivity index (χ3n) is 21.5. The molecule has 0 spiro atoms. The Morgan fingerprint density at radius 3 is 1.43 bits per heavy atom. The molecule has 0 N–H and O–H groups in total. The Morgan fingerprint density at radius 1 is 0.434 bits per heavy atom. The van der Waals surface area contributed by atoms with E-state index in [9.17, 15) is 0 Å². The van der Waals surface area contributed by atoms with E-state index >= 15 is 0 Å². The number of hydrogen-bond donors (Lipinski definition) is 0. The van der Waals surface area contributed by atoms with Gasteiger partial charge in [-0.2, -0.15) is 0 Å². The van der Waals surface area contributed by atoms with Gasteiger partial charge in [0.25, 0.3) is 0 Å². The van der Waals surface area contributed by atoms with Crippen LogP contribution in [0.4, 0.5) is 28.4 Å². The Balaban J connectivity index is 1.17. The van der Waals surface area contributed by atoms with Crippen molar-refractivity contribution in [2.75, 3.05) is 9.71 Å². The summed E-state index contributed by atoms with van der Waals surface area (Å²) in [6, 6.07) is 56.4. The van der Waals surface area contributed by atoms with E-state index in [0.29, 0.717) is 0 Å². The maximum atomic E-state index is 2.83. The number of rotatable bonds is 4. The molecule has 0 saturated heterocycles. The molecule has 1 aromatic heterocycles. The third kappa shape index (κ3) is 7.81. The summed E-state index contributed by atoms with van der Waals surface area (Å²) in [6.07, 6.45) is 4.65. The molecule has 2 aliphatic heterocycles. The van der Waals surface area contributed by atoms with Crippen LogP contribution in [0.25, 0.3) is 49.7 Å². The van der Waals surface area contributed by atoms with Crippen molar-refractivity contribution in [1.29, 1.82) is 0 Å². The third-order valence-corrected chi connectivity index (χ3v) is 21.5. The second-order valence-electron chi connectivity index (χ2n) is 32.4. The summed E-state index contributed by atoms with van der Waals surface area (Å²) in [4.78, 5) is 5.32. The molecular formula is C79H88BN3. The summed E-state index contributed by atoms with van der Waals surface area (Å²) in [5.41, 5.74) is 31.1. The molecule has 3 aliphatic carbocycles. The molecule has 0 saturated carbocycles. The van der Waals surface area contributed by atoms with Crippen molar-refractivity contribution in [2.24, 2.45) is 0 Å². The van der Waals surface area contributed by atoms with Gasteiger partial charge < -0.3 is 14.3 Å². The second-order valence-corrected chi connectivity index (χ2v) is 32.4. The molecule has 0 unspecified atom stereocenters. The second kappa shape index (κ2) is 17.2. The maximum absolute atomic E-state index is 2.83. The van der Waals surface area contributed by atoms with Crippen LogP contribution in [0.1, 0.15) is 207 Å². The number of fused-ring (bicyclic) bond motifs is 15. The van der Waals surface area contributed by atoms with E-state index in [0.717, 1.165) is 29.9 Å². The largest absolute Gasteiger partial charge is 0.376 e. The van der Waals surface area contributed by atoms with Crippen molar-refractivity contribution in [1.82, 2.24) is 4.57 Å². The van der Waals surface area contributed by atoms with Crippen LogP contribution in [-0.4, -0.2) is 11.4 Å². The van der Waals surface area contributed by atoms with Gasteiger partial charge in [0.05, 0.1) is 11.0 Å². The number of anilines is 5. The van der Waals surface area contributed by atoms with Crippen LogP contribution in [0.15, 0.2) is 140 Å². The van der Waals surface area contributed by atoms with Crippen LogP contribution in [0.3, 0.4) is 0 Å². The smallest absolute Gasteiger partial charge is 0.333 e. The number of aromatic nitrogens is 1. The number of nitrogens with zero attached hydrogens (tertiary/aromatic N) is 3. The minimum atomic E-state index is -0.280. The van der Waals surface area contributed by atoms with Crippen molar-refractivity contribution in [3.05, 3.63) is 190 Å². The van der Waals surface area contributed by atoms with E-state index in [2.05, 4.69) is 285 Å². The molecule has 0 atom stereocenters. The zero-order valence-corrected chi connectivity index (χ0v) is 53.5. The average Bonchev–Trinajstić information content (AvgIpc) is 1.57. The monoisotopic (exact) mass is 1090 g/mol. The van der Waals surface area contributed by atoms with Crippen LogP contribution in [0.2, 0.25) is 0 Å².